The number of nitrogens with two attached hydrogens (primary N) is 1. The van der Waals surface area contributed by atoms with Gasteiger partial charge in [-0.15, -0.1) is 0 Å². The van der Waals surface area contributed by atoms with Crippen LogP contribution in [0.15, 0.2) is 6.20 Å². The first kappa shape index (κ1) is 11.8. The molecular weight excluding hydrogens is 222 g/mol. The molecule has 2 rings (SSSR count). The maximum absolute atomic E-state index is 10.6. The summed E-state index contributed by atoms with van der Waals surface area (Å²) < 4.78 is 1.51. The minimum Gasteiger partial charge on any atom is -0.378 e. The summed E-state index contributed by atoms with van der Waals surface area (Å²) in [6.45, 7) is 3.66. The van der Waals surface area contributed by atoms with Gasteiger partial charge in [-0.3, -0.25) is 10.1 Å². The van der Waals surface area contributed by atoms with Crippen LogP contribution in [0.3, 0.4) is 0 Å². The summed E-state index contributed by atoms with van der Waals surface area (Å²) in [6.07, 6.45) is 4.97. The molecule has 0 spiro atoms. The lowest BCUT2D eigenvalue weighted by Gasteiger charge is -2.26. The van der Waals surface area contributed by atoms with Crippen LogP contribution in [-0.4, -0.2) is 39.2 Å². The zero-order chi connectivity index (χ0) is 12.3. The molecule has 7 heteroatoms. The molecule has 2 N–H and O–H groups in total. The van der Waals surface area contributed by atoms with E-state index in [2.05, 4.69) is 10.00 Å². The lowest BCUT2D eigenvalue weighted by Crippen LogP contribution is -2.32. The number of rotatable bonds is 4. The van der Waals surface area contributed by atoms with Crippen LogP contribution in [0, 0.1) is 10.1 Å². The predicted octanol–water partition coefficient (Wildman–Crippen LogP) is 0.859. The summed E-state index contributed by atoms with van der Waals surface area (Å²) in [5.41, 5.74) is 5.55. The van der Waals surface area contributed by atoms with Crippen LogP contribution in [0.25, 0.3) is 0 Å². The van der Waals surface area contributed by atoms with E-state index in [0.29, 0.717) is 6.54 Å². The molecule has 1 aliphatic heterocycles. The first-order valence-corrected chi connectivity index (χ1v) is 5.86. The highest BCUT2D eigenvalue weighted by Gasteiger charge is 2.18. The van der Waals surface area contributed by atoms with E-state index in [4.69, 9.17) is 5.73 Å². The van der Waals surface area contributed by atoms with E-state index in [0.717, 1.165) is 19.6 Å². The molecule has 0 atom stereocenters. The van der Waals surface area contributed by atoms with Crippen molar-refractivity contribution in [2.75, 3.05) is 25.4 Å². The summed E-state index contributed by atoms with van der Waals surface area (Å²) >= 11 is 0. The highest BCUT2D eigenvalue weighted by atomic mass is 16.6. The number of piperidine rings is 1. The first-order valence-electron chi connectivity index (χ1n) is 5.86. The maximum Gasteiger partial charge on any atom is 0.330 e. The van der Waals surface area contributed by atoms with Crippen LogP contribution in [-0.2, 0) is 6.54 Å². The fraction of sp³-hybridized carbons (Fsp3) is 0.700. The molecule has 0 aliphatic carbocycles. The topological polar surface area (TPSA) is 90.2 Å². The predicted molar refractivity (Wildman–Crippen MR) is 63.6 cm³/mol. The Bertz CT molecular complexity index is 397. The van der Waals surface area contributed by atoms with Crippen molar-refractivity contribution in [3.05, 3.63) is 16.3 Å². The van der Waals surface area contributed by atoms with Crippen LogP contribution in [0.4, 0.5) is 11.5 Å². The standard InChI is InChI=1S/C10H17N5O2/c11-10-9(15(16)17)8-12-14(10)7-6-13-4-2-1-3-5-13/h8H,1-7,11H2. The highest BCUT2D eigenvalue weighted by Crippen LogP contribution is 2.19. The lowest BCUT2D eigenvalue weighted by atomic mass is 10.1. The molecule has 0 radical (unpaired) electrons. The second kappa shape index (κ2) is 5.13. The van der Waals surface area contributed by atoms with E-state index in [1.807, 2.05) is 0 Å². The lowest BCUT2D eigenvalue weighted by molar-refractivity contribution is -0.384. The smallest absolute Gasteiger partial charge is 0.330 e. The molecule has 2 heterocycles. The Balaban J connectivity index is 1.92. The average molecular weight is 239 g/mol. The van der Waals surface area contributed by atoms with Gasteiger partial charge in [-0.2, -0.15) is 5.10 Å². The molecule has 1 saturated heterocycles. The van der Waals surface area contributed by atoms with Gasteiger partial charge in [0.1, 0.15) is 6.20 Å². The van der Waals surface area contributed by atoms with Crippen molar-refractivity contribution in [2.45, 2.75) is 25.8 Å². The van der Waals surface area contributed by atoms with Crippen LogP contribution in [0.5, 0.6) is 0 Å². The van der Waals surface area contributed by atoms with E-state index in [1.165, 1.54) is 30.1 Å². The first-order chi connectivity index (χ1) is 8.18. The number of likely N-dealkylation sites (tertiary alicyclic amines) is 1. The van der Waals surface area contributed by atoms with Crippen molar-refractivity contribution in [1.82, 2.24) is 14.7 Å². The van der Waals surface area contributed by atoms with E-state index >= 15 is 0 Å². The van der Waals surface area contributed by atoms with Gasteiger partial charge in [0, 0.05) is 6.54 Å². The monoisotopic (exact) mass is 239 g/mol. The molecule has 1 aliphatic rings. The fourth-order valence-electron chi connectivity index (χ4n) is 2.12. The molecule has 0 unspecified atom stereocenters. The second-order valence-corrected chi connectivity index (χ2v) is 4.30. The number of nitrogens with zero attached hydrogens (tertiary/aromatic N) is 4. The van der Waals surface area contributed by atoms with Gasteiger partial charge in [0.2, 0.25) is 5.82 Å². The summed E-state index contributed by atoms with van der Waals surface area (Å²) in [6, 6.07) is 0. The van der Waals surface area contributed by atoms with Gasteiger partial charge in [-0.05, 0) is 25.9 Å². The van der Waals surface area contributed by atoms with E-state index < -0.39 is 4.92 Å². The Morgan fingerprint density at radius 1 is 1.35 bits per heavy atom. The number of nitrogen functional groups attached to an aromatic ring is 1. The Hall–Kier alpha value is -1.63. The molecule has 1 fully saturated rings. The zero-order valence-electron chi connectivity index (χ0n) is 9.71. The van der Waals surface area contributed by atoms with Crippen LogP contribution >= 0.6 is 0 Å². The Morgan fingerprint density at radius 3 is 2.65 bits per heavy atom. The van der Waals surface area contributed by atoms with Crippen molar-refractivity contribution < 1.29 is 4.92 Å². The van der Waals surface area contributed by atoms with Crippen LogP contribution in [0.2, 0.25) is 0 Å². The van der Waals surface area contributed by atoms with Gasteiger partial charge in [0.25, 0.3) is 0 Å². The normalized spacial score (nSPS) is 17.2. The molecule has 0 amide bonds. The molecule has 1 aromatic rings. The van der Waals surface area contributed by atoms with Gasteiger partial charge in [-0.1, -0.05) is 6.42 Å². The molecule has 17 heavy (non-hydrogen) atoms. The summed E-state index contributed by atoms with van der Waals surface area (Å²) in [4.78, 5) is 12.4. The molecule has 0 saturated carbocycles. The number of hydrogen-bond acceptors (Lipinski definition) is 5. The molecule has 1 aromatic heterocycles. The highest BCUT2D eigenvalue weighted by molar-refractivity contribution is 5.51. The maximum atomic E-state index is 10.6. The Labute approximate surface area is 99.3 Å². The van der Waals surface area contributed by atoms with Gasteiger partial charge >= 0.3 is 5.69 Å². The zero-order valence-corrected chi connectivity index (χ0v) is 9.71. The SMILES string of the molecule is Nc1c([N+](=O)[O-])cnn1CCN1CCCCC1. The summed E-state index contributed by atoms with van der Waals surface area (Å²) in [7, 11) is 0. The van der Waals surface area contributed by atoms with E-state index in [-0.39, 0.29) is 11.5 Å². The van der Waals surface area contributed by atoms with Gasteiger partial charge in [0.05, 0.1) is 11.5 Å². The molecule has 94 valence electrons. The number of aromatic nitrogens is 2. The quantitative estimate of drug-likeness (QED) is 0.621. The minimum atomic E-state index is -0.500. The summed E-state index contributed by atoms with van der Waals surface area (Å²) in [5, 5.41) is 14.5. The Kier molecular flexibility index (Phi) is 3.58. The van der Waals surface area contributed by atoms with Crippen molar-refractivity contribution in [1.29, 1.82) is 0 Å². The minimum absolute atomic E-state index is 0.108. The van der Waals surface area contributed by atoms with Gasteiger partial charge in [-0.25, -0.2) is 4.68 Å². The Morgan fingerprint density at radius 2 is 2.06 bits per heavy atom. The number of anilines is 1. The van der Waals surface area contributed by atoms with Crippen molar-refractivity contribution in [3.63, 3.8) is 0 Å². The van der Waals surface area contributed by atoms with E-state index in [9.17, 15) is 10.1 Å². The van der Waals surface area contributed by atoms with Gasteiger partial charge < -0.3 is 10.6 Å². The third kappa shape index (κ3) is 2.73. The summed E-state index contributed by atoms with van der Waals surface area (Å²) in [5.74, 6) is 0.145. The fourth-order valence-corrected chi connectivity index (χ4v) is 2.12. The van der Waals surface area contributed by atoms with Crippen molar-refractivity contribution >= 4 is 11.5 Å². The van der Waals surface area contributed by atoms with Gasteiger partial charge in [0.15, 0.2) is 0 Å². The van der Waals surface area contributed by atoms with Crippen molar-refractivity contribution in [3.8, 4) is 0 Å². The van der Waals surface area contributed by atoms with Crippen LogP contribution < -0.4 is 5.73 Å². The second-order valence-electron chi connectivity index (χ2n) is 4.30. The number of nitro groups is 1. The third-order valence-corrected chi connectivity index (χ3v) is 3.13. The largest absolute Gasteiger partial charge is 0.378 e. The van der Waals surface area contributed by atoms with Crippen LogP contribution in [0.1, 0.15) is 19.3 Å². The molecule has 0 aromatic carbocycles. The van der Waals surface area contributed by atoms with E-state index in [1.54, 1.807) is 0 Å². The molecular formula is C10H17N5O2. The third-order valence-electron chi connectivity index (χ3n) is 3.13. The molecule has 7 nitrogen and oxygen atoms in total. The molecule has 0 bridgehead atoms. The van der Waals surface area contributed by atoms with Crippen molar-refractivity contribution in [2.24, 2.45) is 0 Å². The average Bonchev–Trinajstić information content (AvgIpc) is 2.69. The number of hydrogen-bond donors (Lipinski definition) is 1.